The van der Waals surface area contributed by atoms with E-state index in [0.29, 0.717) is 12.3 Å². The zero-order chi connectivity index (χ0) is 18.2. The maximum atomic E-state index is 12.5. The lowest BCUT2D eigenvalue weighted by molar-refractivity contribution is -0.123. The number of nitrogens with zero attached hydrogens (tertiary/aromatic N) is 1. The van der Waals surface area contributed by atoms with Crippen LogP contribution in [0.2, 0.25) is 0 Å². The molecule has 1 unspecified atom stereocenters. The quantitative estimate of drug-likeness (QED) is 0.751. The van der Waals surface area contributed by atoms with Crippen LogP contribution in [0.3, 0.4) is 0 Å². The Bertz CT molecular complexity index is 534. The number of carbonyl (C=O) groups is 1. The topological polar surface area (TPSA) is 52.6 Å². The molecule has 1 amide bonds. The van der Waals surface area contributed by atoms with Crippen LogP contribution >= 0.6 is 0 Å². The Labute approximate surface area is 158 Å². The van der Waals surface area contributed by atoms with E-state index >= 15 is 0 Å². The average molecular weight is 359 g/mol. The number of carbonyl (C=O) groups excluding carboxylic acids is 1. The molecule has 1 aromatic carbocycles. The fraction of sp³-hybridized carbons (Fsp3) is 0.682. The predicted molar refractivity (Wildman–Crippen MR) is 105 cm³/mol. The van der Waals surface area contributed by atoms with Gasteiger partial charge in [0, 0.05) is 12.5 Å². The fourth-order valence-electron chi connectivity index (χ4n) is 4.26. The molecule has 3 rings (SSSR count). The normalized spacial score (nSPS) is 25.1. The van der Waals surface area contributed by atoms with Crippen LogP contribution in [0, 0.1) is 5.92 Å². The fourth-order valence-corrected chi connectivity index (χ4v) is 4.26. The van der Waals surface area contributed by atoms with E-state index in [1.165, 1.54) is 44.3 Å². The van der Waals surface area contributed by atoms with Crippen LogP contribution in [0.25, 0.3) is 0 Å². The lowest BCUT2D eigenvalue weighted by atomic mass is 9.75. The molecule has 1 aliphatic heterocycles. The molecule has 4 heteroatoms. The third kappa shape index (κ3) is 6.10. The maximum Gasteiger partial charge on any atom is 0.220 e. The van der Waals surface area contributed by atoms with Crippen LogP contribution in [0.4, 0.5) is 0 Å². The zero-order valence-corrected chi connectivity index (χ0v) is 15.9. The third-order valence-electron chi connectivity index (χ3n) is 5.94. The second-order valence-corrected chi connectivity index (χ2v) is 8.11. The van der Waals surface area contributed by atoms with Crippen LogP contribution in [-0.2, 0) is 11.2 Å². The molecular formula is C22H34N2O2. The van der Waals surface area contributed by atoms with Gasteiger partial charge in [0.2, 0.25) is 5.91 Å². The molecule has 1 aromatic rings. The summed E-state index contributed by atoms with van der Waals surface area (Å²) in [6, 6.07) is 10.5. The van der Waals surface area contributed by atoms with Crippen molar-refractivity contribution in [2.75, 3.05) is 19.6 Å². The van der Waals surface area contributed by atoms with Crippen LogP contribution in [0.5, 0.6) is 0 Å². The van der Waals surface area contributed by atoms with Crippen molar-refractivity contribution in [3.05, 3.63) is 35.9 Å². The number of benzene rings is 1. The summed E-state index contributed by atoms with van der Waals surface area (Å²) < 4.78 is 0. The van der Waals surface area contributed by atoms with Gasteiger partial charge in [0.15, 0.2) is 0 Å². The highest BCUT2D eigenvalue weighted by Crippen LogP contribution is 2.31. The number of hydrogen-bond acceptors (Lipinski definition) is 3. The van der Waals surface area contributed by atoms with E-state index in [1.807, 2.05) is 18.2 Å². The summed E-state index contributed by atoms with van der Waals surface area (Å²) in [6.07, 6.45) is 9.15. The molecule has 0 bridgehead atoms. The Kier molecular flexibility index (Phi) is 7.51. The van der Waals surface area contributed by atoms with Gasteiger partial charge in [-0.25, -0.2) is 0 Å². The monoisotopic (exact) mass is 358 g/mol. The van der Waals surface area contributed by atoms with Gasteiger partial charge in [0.25, 0.3) is 0 Å². The van der Waals surface area contributed by atoms with Gasteiger partial charge in [0.05, 0.1) is 6.10 Å². The van der Waals surface area contributed by atoms with Crippen molar-refractivity contribution in [2.45, 2.75) is 69.9 Å². The van der Waals surface area contributed by atoms with Gasteiger partial charge in [-0.15, -0.1) is 0 Å². The number of rotatable bonds is 8. The minimum Gasteiger partial charge on any atom is -0.393 e. The van der Waals surface area contributed by atoms with Crippen LogP contribution in [0.1, 0.15) is 56.9 Å². The summed E-state index contributed by atoms with van der Waals surface area (Å²) in [5.74, 6) is 0.571. The minimum atomic E-state index is -0.182. The van der Waals surface area contributed by atoms with Crippen LogP contribution < -0.4 is 5.32 Å². The third-order valence-corrected chi connectivity index (χ3v) is 5.94. The number of hydrogen-bond donors (Lipinski definition) is 2. The van der Waals surface area contributed by atoms with Gasteiger partial charge in [-0.2, -0.15) is 0 Å². The molecule has 2 aliphatic rings. The van der Waals surface area contributed by atoms with Crippen molar-refractivity contribution in [1.82, 2.24) is 10.2 Å². The van der Waals surface area contributed by atoms with E-state index in [1.54, 1.807) is 0 Å². The van der Waals surface area contributed by atoms with E-state index in [-0.39, 0.29) is 18.1 Å². The number of amides is 1. The van der Waals surface area contributed by atoms with Crippen molar-refractivity contribution in [2.24, 2.45) is 5.92 Å². The summed E-state index contributed by atoms with van der Waals surface area (Å²) in [5.41, 5.74) is 1.25. The lowest BCUT2D eigenvalue weighted by Crippen LogP contribution is -2.48. The number of nitrogens with one attached hydrogen (secondary N) is 1. The molecule has 2 fully saturated rings. The average Bonchev–Trinajstić information content (AvgIpc) is 2.88. The first kappa shape index (κ1) is 19.4. The standard InChI is InChI=1S/C22H34N2O2/c25-20-16-19(17-20)21(15-18-9-4-3-5-10-18)23-22(26)11-8-14-24-12-6-1-2-7-13-24/h3-5,9-10,19-21,25H,1-2,6-8,11-17H2,(H,23,26). The van der Waals surface area contributed by atoms with E-state index in [2.05, 4.69) is 22.3 Å². The lowest BCUT2D eigenvalue weighted by Gasteiger charge is -2.38. The second kappa shape index (κ2) is 10.1. The minimum absolute atomic E-state index is 0.145. The molecule has 2 N–H and O–H groups in total. The first-order valence-electron chi connectivity index (χ1n) is 10.4. The summed E-state index contributed by atoms with van der Waals surface area (Å²) in [5, 5.41) is 12.9. The molecule has 144 valence electrons. The highest BCUT2D eigenvalue weighted by atomic mass is 16.3. The highest BCUT2D eigenvalue weighted by Gasteiger charge is 2.34. The molecule has 4 nitrogen and oxygen atoms in total. The first-order valence-corrected chi connectivity index (χ1v) is 10.4. The molecule has 1 atom stereocenters. The van der Waals surface area contributed by atoms with E-state index in [0.717, 1.165) is 32.2 Å². The Morgan fingerprint density at radius 2 is 1.81 bits per heavy atom. The van der Waals surface area contributed by atoms with Gasteiger partial charge in [-0.3, -0.25) is 4.79 Å². The van der Waals surface area contributed by atoms with E-state index in [9.17, 15) is 9.90 Å². The van der Waals surface area contributed by atoms with Gasteiger partial charge < -0.3 is 15.3 Å². The van der Waals surface area contributed by atoms with Gasteiger partial charge >= 0.3 is 0 Å². The van der Waals surface area contributed by atoms with Gasteiger partial charge in [-0.1, -0.05) is 43.2 Å². The zero-order valence-electron chi connectivity index (χ0n) is 15.9. The second-order valence-electron chi connectivity index (χ2n) is 8.11. The Morgan fingerprint density at radius 1 is 1.12 bits per heavy atom. The summed E-state index contributed by atoms with van der Waals surface area (Å²) in [4.78, 5) is 15.0. The molecule has 1 saturated carbocycles. The van der Waals surface area contributed by atoms with Crippen molar-refractivity contribution in [3.63, 3.8) is 0 Å². The van der Waals surface area contributed by atoms with Crippen molar-refractivity contribution in [3.8, 4) is 0 Å². The number of aliphatic hydroxyl groups excluding tert-OH is 1. The van der Waals surface area contributed by atoms with Gasteiger partial charge in [0.1, 0.15) is 0 Å². The molecule has 1 saturated heterocycles. The van der Waals surface area contributed by atoms with Crippen molar-refractivity contribution >= 4 is 5.91 Å². The van der Waals surface area contributed by atoms with E-state index in [4.69, 9.17) is 0 Å². The SMILES string of the molecule is O=C(CCCN1CCCCCC1)NC(Cc1ccccc1)C1CC(O)C1. The molecule has 26 heavy (non-hydrogen) atoms. The molecule has 1 heterocycles. The van der Waals surface area contributed by atoms with Crippen LogP contribution in [-0.4, -0.2) is 47.7 Å². The molecule has 0 spiro atoms. The Balaban J connectivity index is 1.44. The molecular weight excluding hydrogens is 324 g/mol. The van der Waals surface area contributed by atoms with Gasteiger partial charge in [-0.05, 0) is 69.6 Å². The van der Waals surface area contributed by atoms with E-state index < -0.39 is 0 Å². The smallest absolute Gasteiger partial charge is 0.220 e. The Morgan fingerprint density at radius 3 is 2.46 bits per heavy atom. The predicted octanol–water partition coefficient (Wildman–Crippen LogP) is 3.14. The summed E-state index contributed by atoms with van der Waals surface area (Å²) >= 11 is 0. The van der Waals surface area contributed by atoms with Crippen LogP contribution in [0.15, 0.2) is 30.3 Å². The molecule has 0 aromatic heterocycles. The summed E-state index contributed by atoms with van der Waals surface area (Å²) in [7, 11) is 0. The molecule has 0 radical (unpaired) electrons. The summed E-state index contributed by atoms with van der Waals surface area (Å²) in [6.45, 7) is 3.43. The first-order chi connectivity index (χ1) is 12.7. The number of likely N-dealkylation sites (tertiary alicyclic amines) is 1. The largest absolute Gasteiger partial charge is 0.393 e. The maximum absolute atomic E-state index is 12.5. The number of aliphatic hydroxyl groups is 1. The Hall–Kier alpha value is -1.39. The van der Waals surface area contributed by atoms with Crippen molar-refractivity contribution < 1.29 is 9.90 Å². The molecule has 1 aliphatic carbocycles. The highest BCUT2D eigenvalue weighted by molar-refractivity contribution is 5.76. The van der Waals surface area contributed by atoms with Crippen molar-refractivity contribution in [1.29, 1.82) is 0 Å².